The zero-order chi connectivity index (χ0) is 56.1. The Morgan fingerprint density at radius 2 is 1.14 bits per heavy atom. The first-order valence-electron chi connectivity index (χ1n) is 27.8. The van der Waals surface area contributed by atoms with E-state index in [0.29, 0.717) is 44.9 Å². The number of phenols is 1. The van der Waals surface area contributed by atoms with E-state index < -0.39 is 30.4 Å². The molecular weight excluding hydrogens is 839 g/mol. The average molecular weight is 914 g/mol. The standard InChI is InChI=1S/C65H67N3O/c1-41-33-58(53(43-23-18-15-19-24-43)40-52(41)44-27-29-48(30-28-44)62(2,3)4)68-57-26-20-25-51(59(57)67-61(68)54-38-50(64(8,9)10)39-55(60(54)69)65(11,12)13)46-34-47(36-49(35-46)63(5,6)7)56-37-45(31-32-66-56)42-21-16-14-17-22-42/h14-40,69H,1-13H3/i1D3,14D,16D,17D,21D,22D. The van der Waals surface area contributed by atoms with Gasteiger partial charge in [-0.15, -0.1) is 0 Å². The lowest BCUT2D eigenvalue weighted by Gasteiger charge is -2.28. The van der Waals surface area contributed by atoms with E-state index in [1.807, 2.05) is 83.4 Å². The van der Waals surface area contributed by atoms with Gasteiger partial charge in [-0.2, -0.15) is 0 Å². The molecule has 0 atom stereocenters. The second-order valence-corrected chi connectivity index (χ2v) is 22.5. The molecule has 0 saturated carbocycles. The Bertz CT molecular complexity index is 3740. The van der Waals surface area contributed by atoms with Gasteiger partial charge in [-0.1, -0.05) is 192 Å². The van der Waals surface area contributed by atoms with Crippen LogP contribution in [0.5, 0.6) is 5.75 Å². The van der Waals surface area contributed by atoms with Gasteiger partial charge >= 0.3 is 0 Å². The molecule has 0 fully saturated rings. The van der Waals surface area contributed by atoms with Gasteiger partial charge < -0.3 is 5.11 Å². The number of hydrogen-bond acceptors (Lipinski definition) is 3. The largest absolute Gasteiger partial charge is 0.507 e. The second-order valence-electron chi connectivity index (χ2n) is 22.5. The summed E-state index contributed by atoms with van der Waals surface area (Å²) in [6.07, 6.45) is 1.59. The monoisotopic (exact) mass is 914 g/mol. The SMILES string of the molecule is [2H]c1c([2H])c([2H])c(-c2ccnc(-c3cc(-c4cccc5c4nc(-c4cc(C(C)(C)C)cc(C(C)(C)C)c4O)n5-c4cc(C([2H])([2H])[2H])c(-c5ccc(C(C)(C)C)cc5)cc4-c4ccccc4)cc(C(C)(C)C)c3)c2)c([2H])c1[2H]. The predicted molar refractivity (Wildman–Crippen MR) is 293 cm³/mol. The highest BCUT2D eigenvalue weighted by Gasteiger charge is 2.30. The maximum absolute atomic E-state index is 12.8. The lowest BCUT2D eigenvalue weighted by molar-refractivity contribution is 0.446. The van der Waals surface area contributed by atoms with Gasteiger partial charge in [0.2, 0.25) is 0 Å². The molecule has 9 rings (SSSR count). The summed E-state index contributed by atoms with van der Waals surface area (Å²) in [5, 5.41) is 12.8. The molecule has 0 bridgehead atoms. The van der Waals surface area contributed by atoms with E-state index in [2.05, 4.69) is 113 Å². The van der Waals surface area contributed by atoms with Crippen LogP contribution in [0.3, 0.4) is 0 Å². The van der Waals surface area contributed by atoms with Gasteiger partial charge in [0.25, 0.3) is 0 Å². The van der Waals surface area contributed by atoms with Crippen LogP contribution in [0.15, 0.2) is 164 Å². The van der Waals surface area contributed by atoms with Crippen LogP contribution in [-0.4, -0.2) is 19.6 Å². The van der Waals surface area contributed by atoms with Crippen molar-refractivity contribution in [1.82, 2.24) is 14.5 Å². The topological polar surface area (TPSA) is 50.9 Å². The number of fused-ring (bicyclic) bond motifs is 1. The number of nitrogens with zero attached hydrogens (tertiary/aromatic N) is 3. The molecule has 0 aliphatic rings. The maximum Gasteiger partial charge on any atom is 0.149 e. The number of rotatable bonds is 7. The van der Waals surface area contributed by atoms with Gasteiger partial charge in [-0.05, 0) is 133 Å². The van der Waals surface area contributed by atoms with Gasteiger partial charge in [-0.3, -0.25) is 9.55 Å². The number of imidazole rings is 1. The van der Waals surface area contributed by atoms with Gasteiger partial charge in [0.05, 0.1) is 34.8 Å². The van der Waals surface area contributed by atoms with E-state index in [9.17, 15) is 5.11 Å². The van der Waals surface area contributed by atoms with E-state index in [4.69, 9.17) is 20.9 Å². The zero-order valence-electron chi connectivity index (χ0n) is 50.0. The van der Waals surface area contributed by atoms with Crippen LogP contribution in [0.4, 0.5) is 0 Å². The van der Waals surface area contributed by atoms with Crippen molar-refractivity contribution in [3.05, 3.63) is 192 Å². The molecule has 0 saturated heterocycles. The van der Waals surface area contributed by atoms with Crippen LogP contribution >= 0.6 is 0 Å². The number of phenolic OH excluding ortho intramolecular Hbond substituents is 1. The van der Waals surface area contributed by atoms with Crippen LogP contribution in [-0.2, 0) is 21.7 Å². The van der Waals surface area contributed by atoms with Crippen LogP contribution in [0.25, 0.3) is 83.9 Å². The van der Waals surface area contributed by atoms with Crippen molar-refractivity contribution in [2.75, 3.05) is 0 Å². The quantitative estimate of drug-likeness (QED) is 0.173. The molecule has 348 valence electrons. The summed E-state index contributed by atoms with van der Waals surface area (Å²) >= 11 is 0. The van der Waals surface area contributed by atoms with Crippen molar-refractivity contribution in [3.63, 3.8) is 0 Å². The molecule has 69 heavy (non-hydrogen) atoms. The fourth-order valence-corrected chi connectivity index (χ4v) is 9.08. The molecule has 0 aliphatic carbocycles. The number of aromatic nitrogens is 3. The molecule has 2 aromatic heterocycles. The summed E-state index contributed by atoms with van der Waals surface area (Å²) in [6.45, 7) is 23.0. The molecule has 4 nitrogen and oxygen atoms in total. The van der Waals surface area contributed by atoms with Gasteiger partial charge in [0.15, 0.2) is 0 Å². The number of pyridine rings is 1. The molecular formula is C65H67N3O. The zero-order valence-corrected chi connectivity index (χ0v) is 42.0. The molecule has 4 heteroatoms. The molecule has 0 aliphatic heterocycles. The highest BCUT2D eigenvalue weighted by atomic mass is 16.3. The molecule has 0 spiro atoms. The molecule has 0 radical (unpaired) electrons. The lowest BCUT2D eigenvalue weighted by atomic mass is 9.79. The molecule has 0 unspecified atom stereocenters. The number of hydrogen-bond donors (Lipinski definition) is 1. The minimum absolute atomic E-state index is 0.0820. The summed E-state index contributed by atoms with van der Waals surface area (Å²) in [5.74, 6) is 0.510. The third-order valence-corrected chi connectivity index (χ3v) is 13.2. The number of aromatic hydroxyl groups is 1. The first-order chi connectivity index (χ1) is 35.8. The van der Waals surface area contributed by atoms with Crippen LogP contribution < -0.4 is 0 Å². The van der Waals surface area contributed by atoms with Crippen LogP contribution in [0, 0.1) is 6.85 Å². The van der Waals surface area contributed by atoms with E-state index in [1.54, 1.807) is 24.4 Å². The Morgan fingerprint density at radius 3 is 1.80 bits per heavy atom. The highest BCUT2D eigenvalue weighted by molar-refractivity contribution is 5.98. The number of benzene rings is 7. The van der Waals surface area contributed by atoms with Crippen molar-refractivity contribution in [3.8, 4) is 78.6 Å². The summed E-state index contributed by atoms with van der Waals surface area (Å²) in [5.41, 5.74) is 11.5. The highest BCUT2D eigenvalue weighted by Crippen LogP contribution is 2.47. The third kappa shape index (κ3) is 9.30. The fraction of sp³-hybridized carbons (Fsp3) is 0.262. The fourth-order valence-electron chi connectivity index (χ4n) is 9.08. The molecule has 0 amide bonds. The van der Waals surface area contributed by atoms with Gasteiger partial charge in [0, 0.05) is 32.6 Å². The Morgan fingerprint density at radius 1 is 0.493 bits per heavy atom. The van der Waals surface area contributed by atoms with Crippen molar-refractivity contribution in [2.24, 2.45) is 0 Å². The maximum atomic E-state index is 12.8. The first-order valence-corrected chi connectivity index (χ1v) is 23.8. The summed E-state index contributed by atoms with van der Waals surface area (Å²) in [6, 6.07) is 39.8. The van der Waals surface area contributed by atoms with Crippen molar-refractivity contribution in [1.29, 1.82) is 0 Å². The Hall–Kier alpha value is -7.04. The molecule has 2 heterocycles. The smallest absolute Gasteiger partial charge is 0.149 e. The Balaban J connectivity index is 1.39. The van der Waals surface area contributed by atoms with Crippen LogP contribution in [0.1, 0.15) is 122 Å². The van der Waals surface area contributed by atoms with E-state index >= 15 is 0 Å². The second kappa shape index (κ2) is 17.5. The summed E-state index contributed by atoms with van der Waals surface area (Å²) in [4.78, 5) is 10.4. The average Bonchev–Trinajstić information content (AvgIpc) is 3.78. The first kappa shape index (κ1) is 37.9. The number of aryl methyl sites for hydroxylation is 1. The van der Waals surface area contributed by atoms with Gasteiger partial charge in [0.1, 0.15) is 11.6 Å². The summed E-state index contributed by atoms with van der Waals surface area (Å²) in [7, 11) is 0. The van der Waals surface area contributed by atoms with Crippen LogP contribution in [0.2, 0.25) is 0 Å². The minimum atomic E-state index is -2.55. The molecule has 1 N–H and O–H groups in total. The summed E-state index contributed by atoms with van der Waals surface area (Å²) < 4.78 is 72.0. The minimum Gasteiger partial charge on any atom is -0.507 e. The normalized spacial score (nSPS) is 14.3. The number of para-hydroxylation sites is 1. The predicted octanol–water partition coefficient (Wildman–Crippen LogP) is 17.6. The van der Waals surface area contributed by atoms with Crippen molar-refractivity contribution < 1.29 is 16.1 Å². The third-order valence-electron chi connectivity index (χ3n) is 13.2. The lowest BCUT2D eigenvalue weighted by Crippen LogP contribution is -2.17. The Kier molecular flexibility index (Phi) is 9.60. The van der Waals surface area contributed by atoms with E-state index in [-0.39, 0.29) is 45.2 Å². The molecule has 7 aromatic carbocycles. The van der Waals surface area contributed by atoms with E-state index in [0.717, 1.165) is 55.6 Å². The Labute approximate surface area is 422 Å². The van der Waals surface area contributed by atoms with Gasteiger partial charge in [-0.25, -0.2) is 4.98 Å². The molecule has 9 aromatic rings. The van der Waals surface area contributed by atoms with Crippen molar-refractivity contribution in [2.45, 2.75) is 112 Å². The van der Waals surface area contributed by atoms with Crippen molar-refractivity contribution >= 4 is 11.0 Å². The van der Waals surface area contributed by atoms with E-state index in [1.165, 1.54) is 0 Å².